The molecule has 0 aliphatic carbocycles. The highest BCUT2D eigenvalue weighted by Gasteiger charge is 2.43. The van der Waals surface area contributed by atoms with E-state index < -0.39 is 38.1 Å². The van der Waals surface area contributed by atoms with E-state index in [4.69, 9.17) is 4.52 Å². The molecule has 6 aliphatic rings. The van der Waals surface area contributed by atoms with Crippen molar-refractivity contribution < 1.29 is 42.4 Å². The Hall–Kier alpha value is -4.40. The van der Waals surface area contributed by atoms with E-state index in [1.54, 1.807) is 31.6 Å². The van der Waals surface area contributed by atoms with Crippen molar-refractivity contribution in [1.82, 2.24) is 19.4 Å². The fraction of sp³-hybridized carbons (Fsp3) is 0.323. The first-order valence-corrected chi connectivity index (χ1v) is 16.4. The number of allylic oxidation sites excluding steroid dienone is 5. The summed E-state index contributed by atoms with van der Waals surface area (Å²) < 4.78 is 49.2. The highest BCUT2D eigenvalue weighted by Crippen LogP contribution is 2.50. The molecule has 16 heteroatoms. The van der Waals surface area contributed by atoms with E-state index in [1.807, 2.05) is 7.05 Å². The van der Waals surface area contributed by atoms with Crippen LogP contribution in [0.1, 0.15) is 18.4 Å². The van der Waals surface area contributed by atoms with E-state index in [-0.39, 0.29) is 46.0 Å². The Labute approximate surface area is 267 Å². The molecule has 0 radical (unpaired) electrons. The minimum absolute atomic E-state index is 0.0141. The van der Waals surface area contributed by atoms with Crippen molar-refractivity contribution in [3.8, 4) is 11.4 Å². The number of anilines is 2. The quantitative estimate of drug-likeness (QED) is 0.272. The second-order valence-electron chi connectivity index (χ2n) is 12.1. The predicted molar refractivity (Wildman–Crippen MR) is 168 cm³/mol. The van der Waals surface area contributed by atoms with E-state index in [0.29, 0.717) is 41.5 Å². The first kappa shape index (κ1) is 31.2. The van der Waals surface area contributed by atoms with E-state index in [1.165, 1.54) is 21.6 Å². The Bertz CT molecular complexity index is 2000. The number of nitrogens with one attached hydrogen (secondary N) is 1. The second-order valence-corrected chi connectivity index (χ2v) is 13.3. The highest BCUT2D eigenvalue weighted by atomic mass is 31.2. The average molecular weight is 669 g/mol. The van der Waals surface area contributed by atoms with Crippen molar-refractivity contribution in [2.24, 2.45) is 5.92 Å². The van der Waals surface area contributed by atoms with Gasteiger partial charge in [-0.15, -0.1) is 0 Å². The van der Waals surface area contributed by atoms with Gasteiger partial charge in [-0.05, 0) is 37.6 Å². The number of carbonyl (C=O) groups excluding carboxylic acids is 1. The molecule has 6 heterocycles. The summed E-state index contributed by atoms with van der Waals surface area (Å²) in [5.41, 5.74) is 2.36. The van der Waals surface area contributed by atoms with Gasteiger partial charge >= 0.3 is 13.8 Å². The summed E-state index contributed by atoms with van der Waals surface area (Å²) in [5, 5.41) is 12.3. The van der Waals surface area contributed by atoms with Gasteiger partial charge in [0.1, 0.15) is 12.6 Å². The summed E-state index contributed by atoms with van der Waals surface area (Å²) in [6.07, 6.45) is 9.89. The molecule has 6 aliphatic heterocycles. The number of carbonyl (C=O) groups is 2. The topological polar surface area (TPSA) is 161 Å². The fourth-order valence-corrected chi connectivity index (χ4v) is 7.40. The molecule has 0 bridgehead atoms. The standard InChI is InChI=1S/C31H31F2N6O7P/c1-34-22-10-21(32)27(33)25-26-29(38-8-7-18-11-36(2)14-23(18)38)20(13-37(15-46-47(43,44)45)30(26)35-28(22)25)17-4-6-19-5-3-16(31(41)42)9-24(40)39(19)12-17/h3-6,10,12-13,18,23,34H,7-9,11,14-15H2,1-2H3,(H,41,42)(H2,43,44,45)/t18-,23+/m0/s1. The Morgan fingerprint density at radius 1 is 1.21 bits per heavy atom. The van der Waals surface area contributed by atoms with Crippen molar-refractivity contribution in [1.29, 1.82) is 0 Å². The number of aromatic nitrogens is 2. The van der Waals surface area contributed by atoms with Crippen molar-refractivity contribution >= 4 is 47.5 Å². The molecule has 2 fully saturated rings. The van der Waals surface area contributed by atoms with Gasteiger partial charge < -0.3 is 34.6 Å². The van der Waals surface area contributed by atoms with Gasteiger partial charge in [0.25, 0.3) is 0 Å². The largest absolute Gasteiger partial charge is 0.478 e. The second kappa shape index (κ2) is 11.4. The van der Waals surface area contributed by atoms with Gasteiger partial charge in [-0.1, -0.05) is 6.08 Å². The Balaban J connectivity index is 1.52. The number of phosphoric ester groups is 1. The first-order valence-electron chi connectivity index (χ1n) is 14.9. The van der Waals surface area contributed by atoms with Crippen LogP contribution in [0.2, 0.25) is 0 Å². The molecule has 0 unspecified atom stereocenters. The number of likely N-dealkylation sites (N-methyl/N-ethyl adjacent to an activating group) is 1. The van der Waals surface area contributed by atoms with Gasteiger partial charge in [-0.25, -0.2) is 23.1 Å². The highest BCUT2D eigenvalue weighted by molar-refractivity contribution is 7.46. The molecular weight excluding hydrogens is 637 g/mol. The number of hydrogen-bond donors (Lipinski definition) is 4. The molecule has 2 atom stereocenters. The van der Waals surface area contributed by atoms with Crippen molar-refractivity contribution in [3.63, 3.8) is 0 Å². The minimum Gasteiger partial charge on any atom is -0.478 e. The number of aliphatic carboxylic acids is 1. The van der Waals surface area contributed by atoms with Crippen LogP contribution in [0, 0.1) is 17.6 Å². The van der Waals surface area contributed by atoms with Crippen LogP contribution in [0.15, 0.2) is 54.0 Å². The van der Waals surface area contributed by atoms with Crippen LogP contribution in [-0.2, 0) is 25.4 Å². The maximum atomic E-state index is 16.0. The molecule has 0 spiro atoms. The molecule has 4 N–H and O–H groups in total. The van der Waals surface area contributed by atoms with E-state index in [0.717, 1.165) is 19.0 Å². The van der Waals surface area contributed by atoms with Crippen LogP contribution in [0.25, 0.3) is 27.9 Å². The number of carboxylic acids is 1. The molecule has 1 aromatic rings. The third kappa shape index (κ3) is 5.33. The molecule has 1 amide bonds. The summed E-state index contributed by atoms with van der Waals surface area (Å²) in [5.74, 6) is -3.52. The first-order chi connectivity index (χ1) is 22.3. The van der Waals surface area contributed by atoms with E-state index in [2.05, 4.69) is 20.1 Å². The third-order valence-electron chi connectivity index (χ3n) is 9.22. The number of benzene rings is 1. The normalized spacial score (nSPS) is 21.6. The lowest BCUT2D eigenvalue weighted by Crippen LogP contribution is -2.36. The molecule has 13 nitrogen and oxygen atoms in total. The predicted octanol–water partition coefficient (Wildman–Crippen LogP) is 3.71. The van der Waals surface area contributed by atoms with E-state index in [9.17, 15) is 29.0 Å². The van der Waals surface area contributed by atoms with Crippen molar-refractivity contribution in [2.75, 3.05) is 43.9 Å². The lowest BCUT2D eigenvalue weighted by molar-refractivity contribution is -0.135. The fourth-order valence-electron chi connectivity index (χ4n) is 7.13. The molecule has 1 aromatic carbocycles. The van der Waals surface area contributed by atoms with Crippen LogP contribution in [-0.4, -0.2) is 85.9 Å². The van der Waals surface area contributed by atoms with E-state index >= 15 is 8.78 Å². The molecule has 2 saturated heterocycles. The number of likely N-dealkylation sites (tertiary alicyclic amines) is 1. The maximum Gasteiger partial charge on any atom is 0.471 e. The number of nitrogens with zero attached hydrogens (tertiary/aromatic N) is 5. The Morgan fingerprint density at radius 2 is 2.00 bits per heavy atom. The third-order valence-corrected chi connectivity index (χ3v) is 9.67. The maximum absolute atomic E-state index is 16.0. The number of fused-ring (bicyclic) bond motifs is 5. The molecule has 7 rings (SSSR count). The monoisotopic (exact) mass is 668 g/mol. The zero-order valence-electron chi connectivity index (χ0n) is 25.4. The number of hydrogen-bond acceptors (Lipinski definition) is 8. The van der Waals surface area contributed by atoms with Crippen molar-refractivity contribution in [3.05, 3.63) is 71.2 Å². The van der Waals surface area contributed by atoms with Gasteiger partial charge in [0.05, 0.1) is 34.3 Å². The summed E-state index contributed by atoms with van der Waals surface area (Å²) in [6.45, 7) is 1.48. The number of phosphoric acid groups is 1. The number of rotatable bonds is 7. The molecular formula is C31H31F2N6O7P. The van der Waals surface area contributed by atoms with Gasteiger partial charge in [-0.3, -0.25) is 14.2 Å². The number of pyridine rings is 1. The average Bonchev–Trinajstić information content (AvgIpc) is 3.68. The van der Waals surface area contributed by atoms with Gasteiger partial charge in [0.2, 0.25) is 5.91 Å². The number of halogens is 2. The zero-order chi connectivity index (χ0) is 33.4. The Kier molecular flexibility index (Phi) is 7.56. The van der Waals surface area contributed by atoms with Crippen LogP contribution in [0.3, 0.4) is 0 Å². The van der Waals surface area contributed by atoms with Gasteiger partial charge in [-0.2, -0.15) is 0 Å². The molecule has 0 saturated carbocycles. The van der Waals surface area contributed by atoms with Crippen LogP contribution in [0.4, 0.5) is 20.2 Å². The Morgan fingerprint density at radius 3 is 2.72 bits per heavy atom. The lowest BCUT2D eigenvalue weighted by atomic mass is 9.95. The molecule has 47 heavy (non-hydrogen) atoms. The summed E-state index contributed by atoms with van der Waals surface area (Å²) in [6, 6.07) is 1.02. The van der Waals surface area contributed by atoms with Crippen LogP contribution in [0.5, 0.6) is 0 Å². The smallest absolute Gasteiger partial charge is 0.471 e. The lowest BCUT2D eigenvalue weighted by Gasteiger charge is -2.33. The number of carboxylic acid groups (broad SMARTS) is 1. The van der Waals surface area contributed by atoms with Crippen LogP contribution < -0.4 is 10.2 Å². The van der Waals surface area contributed by atoms with Gasteiger partial charge in [0.15, 0.2) is 11.6 Å². The minimum atomic E-state index is -4.98. The van der Waals surface area contributed by atoms with Crippen LogP contribution >= 0.6 is 7.82 Å². The number of amides is 1. The van der Waals surface area contributed by atoms with Gasteiger partial charge in [0, 0.05) is 73.6 Å². The summed E-state index contributed by atoms with van der Waals surface area (Å²) in [7, 11) is -1.41. The molecule has 246 valence electrons. The zero-order valence-corrected chi connectivity index (χ0v) is 26.2. The SMILES string of the molecule is CNc1cc(F)c(F)c2c3c(N4CC[C@H]5CN(C)C[C@H]54)c(C4=CN5C(=O)CC(C(=O)O)=CC=C5C=C4)cn(COP(=O)(O)O)c-3nc12. The van der Waals surface area contributed by atoms with Crippen molar-refractivity contribution in [2.45, 2.75) is 25.6 Å². The molecule has 0 aromatic heterocycles. The summed E-state index contributed by atoms with van der Waals surface area (Å²) >= 11 is 0. The summed E-state index contributed by atoms with van der Waals surface area (Å²) in [4.78, 5) is 54.5.